The van der Waals surface area contributed by atoms with Gasteiger partial charge in [-0.3, -0.25) is 0 Å². The van der Waals surface area contributed by atoms with E-state index >= 15 is 0 Å². The molecular formula is C12H21N3O3S. The minimum absolute atomic E-state index is 0.246. The summed E-state index contributed by atoms with van der Waals surface area (Å²) in [6.45, 7) is 4.08. The third kappa shape index (κ3) is 5.15. The highest BCUT2D eigenvalue weighted by Crippen LogP contribution is 2.20. The maximum absolute atomic E-state index is 12.0. The van der Waals surface area contributed by atoms with Crippen molar-refractivity contribution in [3.05, 3.63) is 24.3 Å². The third-order valence-electron chi connectivity index (χ3n) is 2.33. The lowest BCUT2D eigenvalue weighted by molar-refractivity contribution is 0.151. The van der Waals surface area contributed by atoms with E-state index in [1.165, 1.54) is 0 Å². The van der Waals surface area contributed by atoms with E-state index in [1.807, 2.05) is 0 Å². The Kier molecular flexibility index (Phi) is 6.79. The van der Waals surface area contributed by atoms with Gasteiger partial charge < -0.3 is 15.8 Å². The van der Waals surface area contributed by atoms with Crippen LogP contribution in [0.3, 0.4) is 0 Å². The summed E-state index contributed by atoms with van der Waals surface area (Å²) in [7, 11) is -3.46. The van der Waals surface area contributed by atoms with E-state index in [1.54, 1.807) is 31.2 Å². The standard InChI is InChI=1S/C12H21N3O3S/c1-2-15-19(16,17)12-6-4-3-5-11(12)14-8-10-18-9-7-13/h3-6,14-15H,2,7-10,13H2,1H3. The van der Waals surface area contributed by atoms with Gasteiger partial charge in [0.15, 0.2) is 0 Å². The molecule has 0 bridgehead atoms. The van der Waals surface area contributed by atoms with Gasteiger partial charge in [0.25, 0.3) is 0 Å². The number of anilines is 1. The molecule has 6 nitrogen and oxygen atoms in total. The van der Waals surface area contributed by atoms with Crippen LogP contribution in [0, 0.1) is 0 Å². The summed E-state index contributed by atoms with van der Waals surface area (Å²) in [4.78, 5) is 0.246. The minimum Gasteiger partial charge on any atom is -0.382 e. The lowest BCUT2D eigenvalue weighted by Crippen LogP contribution is -2.24. The van der Waals surface area contributed by atoms with Crippen LogP contribution in [0.5, 0.6) is 0 Å². The van der Waals surface area contributed by atoms with Gasteiger partial charge in [0.1, 0.15) is 4.90 Å². The van der Waals surface area contributed by atoms with Crippen molar-refractivity contribution >= 4 is 15.7 Å². The largest absolute Gasteiger partial charge is 0.382 e. The number of hydrogen-bond acceptors (Lipinski definition) is 5. The van der Waals surface area contributed by atoms with Gasteiger partial charge in [-0.25, -0.2) is 13.1 Å². The molecule has 1 aromatic rings. The van der Waals surface area contributed by atoms with Crippen LogP contribution in [-0.4, -0.2) is 41.3 Å². The zero-order chi connectivity index (χ0) is 14.1. The van der Waals surface area contributed by atoms with E-state index in [4.69, 9.17) is 10.5 Å². The molecule has 0 aliphatic rings. The second kappa shape index (κ2) is 8.11. The van der Waals surface area contributed by atoms with Crippen LogP contribution in [0.4, 0.5) is 5.69 Å². The van der Waals surface area contributed by atoms with Gasteiger partial charge in [0.2, 0.25) is 10.0 Å². The Bertz CT molecular complexity index is 477. The molecule has 0 aliphatic carbocycles. The van der Waals surface area contributed by atoms with Gasteiger partial charge >= 0.3 is 0 Å². The molecule has 0 aliphatic heterocycles. The second-order valence-corrected chi connectivity index (χ2v) is 5.56. The van der Waals surface area contributed by atoms with Gasteiger partial charge in [-0.2, -0.15) is 0 Å². The number of rotatable bonds is 9. The predicted molar refractivity (Wildman–Crippen MR) is 75.7 cm³/mol. The first kappa shape index (κ1) is 15.9. The van der Waals surface area contributed by atoms with Gasteiger partial charge in [0.05, 0.1) is 18.9 Å². The van der Waals surface area contributed by atoms with Crippen molar-refractivity contribution < 1.29 is 13.2 Å². The number of ether oxygens (including phenoxy) is 1. The van der Waals surface area contributed by atoms with E-state index in [-0.39, 0.29) is 4.90 Å². The Morgan fingerprint density at radius 2 is 2.00 bits per heavy atom. The van der Waals surface area contributed by atoms with Crippen molar-refractivity contribution in [3.8, 4) is 0 Å². The number of nitrogens with two attached hydrogens (primary N) is 1. The van der Waals surface area contributed by atoms with Crippen LogP contribution in [0.15, 0.2) is 29.2 Å². The van der Waals surface area contributed by atoms with Crippen molar-refractivity contribution in [2.75, 3.05) is 38.2 Å². The van der Waals surface area contributed by atoms with Gasteiger partial charge in [-0.15, -0.1) is 0 Å². The topological polar surface area (TPSA) is 93.5 Å². The smallest absolute Gasteiger partial charge is 0.242 e. The minimum atomic E-state index is -3.46. The van der Waals surface area contributed by atoms with Crippen LogP contribution in [-0.2, 0) is 14.8 Å². The molecule has 0 saturated carbocycles. The molecule has 0 aromatic heterocycles. The van der Waals surface area contributed by atoms with E-state index in [9.17, 15) is 8.42 Å². The summed E-state index contributed by atoms with van der Waals surface area (Å²) in [5, 5.41) is 3.05. The highest BCUT2D eigenvalue weighted by Gasteiger charge is 2.16. The van der Waals surface area contributed by atoms with E-state index in [2.05, 4.69) is 10.0 Å². The van der Waals surface area contributed by atoms with Crippen molar-refractivity contribution in [3.63, 3.8) is 0 Å². The Hall–Kier alpha value is -1.15. The average molecular weight is 287 g/mol. The number of nitrogens with one attached hydrogen (secondary N) is 2. The van der Waals surface area contributed by atoms with Gasteiger partial charge in [-0.05, 0) is 12.1 Å². The summed E-state index contributed by atoms with van der Waals surface area (Å²) in [6, 6.07) is 6.78. The van der Waals surface area contributed by atoms with E-state index < -0.39 is 10.0 Å². The summed E-state index contributed by atoms with van der Waals surface area (Å²) in [5.74, 6) is 0. The fourth-order valence-electron chi connectivity index (χ4n) is 1.56. The van der Waals surface area contributed by atoms with E-state index in [0.29, 0.717) is 38.5 Å². The molecule has 4 N–H and O–H groups in total. The molecule has 0 radical (unpaired) electrons. The van der Waals surface area contributed by atoms with Crippen molar-refractivity contribution in [2.45, 2.75) is 11.8 Å². The lowest BCUT2D eigenvalue weighted by Gasteiger charge is -2.12. The lowest BCUT2D eigenvalue weighted by atomic mass is 10.3. The Balaban J connectivity index is 2.68. The first-order chi connectivity index (χ1) is 9.11. The maximum Gasteiger partial charge on any atom is 0.242 e. The highest BCUT2D eigenvalue weighted by atomic mass is 32.2. The SMILES string of the molecule is CCNS(=O)(=O)c1ccccc1NCCOCCN. The number of sulfonamides is 1. The molecule has 7 heteroatoms. The quantitative estimate of drug-likeness (QED) is 0.571. The number of para-hydroxylation sites is 1. The summed E-state index contributed by atoms with van der Waals surface area (Å²) < 4.78 is 31.7. The summed E-state index contributed by atoms with van der Waals surface area (Å²) in [6.07, 6.45) is 0. The molecule has 0 atom stereocenters. The van der Waals surface area contributed by atoms with Gasteiger partial charge in [0, 0.05) is 19.6 Å². The summed E-state index contributed by atoms with van der Waals surface area (Å²) >= 11 is 0. The molecule has 0 spiro atoms. The van der Waals surface area contributed by atoms with Crippen LogP contribution >= 0.6 is 0 Å². The third-order valence-corrected chi connectivity index (χ3v) is 3.94. The van der Waals surface area contributed by atoms with Crippen LogP contribution in [0.1, 0.15) is 6.92 Å². The molecule has 0 heterocycles. The summed E-state index contributed by atoms with van der Waals surface area (Å²) in [5.41, 5.74) is 5.87. The molecule has 0 fully saturated rings. The molecule has 0 amide bonds. The van der Waals surface area contributed by atoms with Crippen molar-refractivity contribution in [2.24, 2.45) is 5.73 Å². The van der Waals surface area contributed by atoms with Crippen molar-refractivity contribution in [1.29, 1.82) is 0 Å². The average Bonchev–Trinajstić information content (AvgIpc) is 2.39. The first-order valence-corrected chi connectivity index (χ1v) is 7.70. The predicted octanol–water partition coefficient (Wildman–Crippen LogP) is 0.372. The van der Waals surface area contributed by atoms with Crippen LogP contribution in [0.2, 0.25) is 0 Å². The molecule has 108 valence electrons. The van der Waals surface area contributed by atoms with Crippen LogP contribution < -0.4 is 15.8 Å². The molecular weight excluding hydrogens is 266 g/mol. The molecule has 0 unspecified atom stereocenters. The fourth-order valence-corrected chi connectivity index (χ4v) is 2.78. The maximum atomic E-state index is 12.0. The monoisotopic (exact) mass is 287 g/mol. The number of hydrogen-bond donors (Lipinski definition) is 3. The Labute approximate surface area is 114 Å². The highest BCUT2D eigenvalue weighted by molar-refractivity contribution is 7.89. The van der Waals surface area contributed by atoms with E-state index in [0.717, 1.165) is 0 Å². The molecule has 1 rings (SSSR count). The zero-order valence-electron chi connectivity index (χ0n) is 11.1. The Morgan fingerprint density at radius 1 is 1.26 bits per heavy atom. The second-order valence-electron chi connectivity index (χ2n) is 3.83. The van der Waals surface area contributed by atoms with Crippen molar-refractivity contribution in [1.82, 2.24) is 4.72 Å². The number of benzene rings is 1. The van der Waals surface area contributed by atoms with Gasteiger partial charge in [-0.1, -0.05) is 19.1 Å². The fraction of sp³-hybridized carbons (Fsp3) is 0.500. The first-order valence-electron chi connectivity index (χ1n) is 6.22. The Morgan fingerprint density at radius 3 is 2.68 bits per heavy atom. The molecule has 1 aromatic carbocycles. The van der Waals surface area contributed by atoms with Crippen LogP contribution in [0.25, 0.3) is 0 Å². The molecule has 19 heavy (non-hydrogen) atoms. The normalized spacial score (nSPS) is 11.5. The molecule has 0 saturated heterocycles. The zero-order valence-corrected chi connectivity index (χ0v) is 11.9.